The molecule has 0 aliphatic carbocycles. The third-order valence-electron chi connectivity index (χ3n) is 16.5. The highest BCUT2D eigenvalue weighted by atomic mass is 35.5. The fourth-order valence-electron chi connectivity index (χ4n) is 12.3. The first kappa shape index (κ1) is 53.1. The molecule has 424 valence electrons. The molecule has 5 N–H and O–H groups in total. The van der Waals surface area contributed by atoms with Crippen molar-refractivity contribution in [3.8, 4) is 51.2 Å². The van der Waals surface area contributed by atoms with Gasteiger partial charge in [-0.25, -0.2) is 9.07 Å². The molecule has 4 aromatic carbocycles. The lowest BCUT2D eigenvalue weighted by Crippen LogP contribution is -2.51. The predicted molar refractivity (Wildman–Crippen MR) is 302 cm³/mol. The van der Waals surface area contributed by atoms with Crippen LogP contribution in [0.5, 0.6) is 17.5 Å². The summed E-state index contributed by atoms with van der Waals surface area (Å²) in [6.45, 7) is 9.81. The number of aliphatic hydroxyl groups excluding tert-OH is 2. The van der Waals surface area contributed by atoms with Gasteiger partial charge in [-0.15, -0.1) is 5.10 Å². The van der Waals surface area contributed by atoms with Crippen molar-refractivity contribution in [3.05, 3.63) is 119 Å². The van der Waals surface area contributed by atoms with E-state index in [1.54, 1.807) is 25.5 Å². The van der Waals surface area contributed by atoms with Crippen LogP contribution in [0, 0.1) is 18.7 Å². The van der Waals surface area contributed by atoms with E-state index in [4.69, 9.17) is 40.5 Å². The number of H-pyrrole nitrogens is 1. The fourth-order valence-corrected chi connectivity index (χ4v) is 12.6. The number of likely N-dealkylation sites (tertiary alicyclic amines) is 1. The molecule has 0 unspecified atom stereocenters. The second-order valence-electron chi connectivity index (χ2n) is 21.9. The van der Waals surface area contributed by atoms with Crippen molar-refractivity contribution in [2.75, 3.05) is 44.4 Å². The van der Waals surface area contributed by atoms with E-state index in [1.807, 2.05) is 80.1 Å². The van der Waals surface area contributed by atoms with E-state index in [2.05, 4.69) is 47.2 Å². The Labute approximate surface area is 475 Å². The van der Waals surface area contributed by atoms with Crippen molar-refractivity contribution < 1.29 is 43.1 Å². The molecule has 2 bridgehead atoms. The summed E-state index contributed by atoms with van der Waals surface area (Å²) in [6.07, 6.45) is 7.50. The number of hydrogen-bond donors (Lipinski definition) is 5. The Hall–Kier alpha value is -8.18. The highest BCUT2D eigenvalue weighted by Crippen LogP contribution is 2.55. The van der Waals surface area contributed by atoms with Gasteiger partial charge in [0.2, 0.25) is 11.8 Å². The number of aromatic amines is 1. The normalized spacial score (nSPS) is 20.2. The molecule has 2 amide bonds. The first-order valence-corrected chi connectivity index (χ1v) is 28.2. The number of aliphatic hydroxyl groups is 2. The molecule has 13 rings (SSSR count). The molecule has 0 spiro atoms. The van der Waals surface area contributed by atoms with Gasteiger partial charge < -0.3 is 49.6 Å². The zero-order valence-electron chi connectivity index (χ0n) is 45.6. The van der Waals surface area contributed by atoms with Crippen LogP contribution in [0.2, 0.25) is 5.02 Å². The summed E-state index contributed by atoms with van der Waals surface area (Å²) < 4.78 is 45.4. The molecule has 23 heteroatoms. The average molecular weight is 1130 g/mol. The van der Waals surface area contributed by atoms with Gasteiger partial charge >= 0.3 is 6.01 Å². The van der Waals surface area contributed by atoms with E-state index in [-0.39, 0.29) is 73.7 Å². The lowest BCUT2D eigenvalue weighted by atomic mass is 9.93. The van der Waals surface area contributed by atoms with E-state index in [0.29, 0.717) is 106 Å². The third-order valence-corrected chi connectivity index (χ3v) is 16.8. The number of carbonyl (C=O) groups excluding carboxylic acids is 2. The van der Waals surface area contributed by atoms with Crippen molar-refractivity contribution in [3.63, 3.8) is 0 Å². The van der Waals surface area contributed by atoms with Crippen LogP contribution in [0.4, 0.5) is 10.2 Å². The molecular formula is C59H61ClFN13O8. The van der Waals surface area contributed by atoms with Crippen molar-refractivity contribution in [1.82, 2.24) is 60.5 Å². The second kappa shape index (κ2) is 21.6. The topological polar surface area (TPSA) is 245 Å². The first-order valence-electron chi connectivity index (χ1n) is 27.8. The molecule has 8 aromatic rings. The van der Waals surface area contributed by atoms with E-state index in [9.17, 15) is 19.8 Å². The number of fused-ring (bicyclic) bond motifs is 6. The summed E-state index contributed by atoms with van der Waals surface area (Å²) in [5, 5.41) is 49.7. The van der Waals surface area contributed by atoms with Crippen LogP contribution < -0.4 is 29.7 Å². The highest BCUT2D eigenvalue weighted by Gasteiger charge is 2.46. The van der Waals surface area contributed by atoms with Crippen LogP contribution in [0.1, 0.15) is 68.8 Å². The summed E-state index contributed by atoms with van der Waals surface area (Å²) in [4.78, 5) is 42.5. The van der Waals surface area contributed by atoms with E-state index < -0.39 is 41.9 Å². The van der Waals surface area contributed by atoms with Crippen LogP contribution in [0.25, 0.3) is 55.4 Å². The number of halogens is 2. The molecule has 5 aliphatic heterocycles. The molecule has 5 aliphatic rings. The Kier molecular flexibility index (Phi) is 14.0. The number of benzene rings is 4. The number of nitrogens with zero attached hydrogens (tertiary/aromatic N) is 10. The van der Waals surface area contributed by atoms with Gasteiger partial charge in [-0.1, -0.05) is 79.2 Å². The largest absolute Gasteiger partial charge is 0.489 e. The van der Waals surface area contributed by atoms with E-state index in [1.165, 1.54) is 15.6 Å². The van der Waals surface area contributed by atoms with Crippen LogP contribution >= 0.6 is 11.6 Å². The van der Waals surface area contributed by atoms with Crippen molar-refractivity contribution in [1.29, 1.82) is 0 Å². The smallest absolute Gasteiger partial charge is 0.319 e. The SMILES string of the molecule is CCn1nccc1-c1ccc([C@H](CO)NC(=O)[C@@H]2C[C@@H](O)CN2C(=O)[C@H](C(C)C)n2cc(-c3ccc(COc4c(-c5c(C)c(F)cc6[nH]ncc56)c(Cl)c5c6c(nc(OC7CCOCC7)nc46)N4[C@H](CO5)C5=C[C@H]4CN5)cc3)nn2)cc1. The lowest BCUT2D eigenvalue weighted by Gasteiger charge is -2.35. The molecule has 0 saturated carbocycles. The Morgan fingerprint density at radius 2 is 1.83 bits per heavy atom. The van der Waals surface area contributed by atoms with E-state index in [0.717, 1.165) is 22.5 Å². The van der Waals surface area contributed by atoms with Gasteiger partial charge in [0.25, 0.3) is 0 Å². The zero-order chi connectivity index (χ0) is 56.5. The third kappa shape index (κ3) is 9.39. The number of amides is 2. The average Bonchev–Trinajstić information content (AvgIpc) is 4.52. The molecule has 0 radical (unpaired) electrons. The molecule has 4 aromatic heterocycles. The minimum atomic E-state index is -0.999. The molecule has 6 atom stereocenters. The highest BCUT2D eigenvalue weighted by molar-refractivity contribution is 6.38. The maximum Gasteiger partial charge on any atom is 0.319 e. The van der Waals surface area contributed by atoms with Crippen LogP contribution in [-0.2, 0) is 27.5 Å². The number of piperazine rings is 1. The minimum absolute atomic E-state index is 0.0187. The van der Waals surface area contributed by atoms with Crippen molar-refractivity contribution in [2.24, 2.45) is 5.92 Å². The number of carbonyl (C=O) groups is 2. The van der Waals surface area contributed by atoms with Gasteiger partial charge in [0.1, 0.15) is 60.3 Å². The van der Waals surface area contributed by atoms with Gasteiger partial charge in [0.05, 0.1) is 72.0 Å². The quantitative estimate of drug-likeness (QED) is 0.0654. The first-order chi connectivity index (χ1) is 39.8. The number of nitrogens with one attached hydrogen (secondary N) is 3. The number of aryl methyl sites for hydroxylation is 1. The van der Waals surface area contributed by atoms with Gasteiger partial charge in [-0.2, -0.15) is 20.2 Å². The monoisotopic (exact) mass is 1130 g/mol. The summed E-state index contributed by atoms with van der Waals surface area (Å²) in [6, 6.07) is 15.7. The molecule has 9 heterocycles. The van der Waals surface area contributed by atoms with E-state index >= 15 is 4.39 Å². The Morgan fingerprint density at radius 3 is 2.60 bits per heavy atom. The standard InChI is InChI=1S/C59H61ClFN13O8/c1-5-72-45(14-17-64-72)35-12-10-34(11-13-35)44(27-75)65-57(77)46-21-37(76)25-71(46)58(78)53(30(2)3)73-26-43(69-70-73)33-8-6-32(7-9-33)28-80-55-49(48-31(4)40(61)22-41-39(48)24-63-68-41)51(60)54-50-52(55)66-59(82-38-15-18-79-19-16-38)67-56(50)74-36-20-42(62-23-36)47(74)29-81-54/h6-14,17,20,22,24,26,30,36-38,44,46-47,53,62,75-76H,5,15-16,18-19,21,23,25,27-29H2,1-4H3,(H,63,68)(H,65,77)/t36-,37+,44-,46-,47+,53-/m0/s1. The zero-order valence-corrected chi connectivity index (χ0v) is 46.3. The Balaban J connectivity index is 0.782. The van der Waals surface area contributed by atoms with Gasteiger partial charge in [0.15, 0.2) is 11.5 Å². The number of ether oxygens (including phenoxy) is 4. The molecular weight excluding hydrogens is 1070 g/mol. The molecule has 2 fully saturated rings. The van der Waals surface area contributed by atoms with Gasteiger partial charge in [0, 0.05) is 72.9 Å². The minimum Gasteiger partial charge on any atom is -0.489 e. The summed E-state index contributed by atoms with van der Waals surface area (Å²) in [5.74, 6) is -0.431. The summed E-state index contributed by atoms with van der Waals surface area (Å²) in [5.41, 5.74) is 7.58. The van der Waals surface area contributed by atoms with Crippen LogP contribution in [0.15, 0.2) is 91.0 Å². The second-order valence-corrected chi connectivity index (χ2v) is 22.3. The van der Waals surface area contributed by atoms with Crippen LogP contribution in [-0.4, -0.2) is 142 Å². The number of anilines is 1. The number of β-amino-alcohol motifs (C(OH)–C–C–N with tert-alkyl or cyclic N) is 1. The van der Waals surface area contributed by atoms with Crippen LogP contribution in [0.3, 0.4) is 0 Å². The van der Waals surface area contributed by atoms with Gasteiger partial charge in [-0.05, 0) is 60.2 Å². The summed E-state index contributed by atoms with van der Waals surface area (Å²) >= 11 is 7.62. The Bertz CT molecular complexity index is 3790. The number of hydrogen-bond acceptors (Lipinski definition) is 16. The Morgan fingerprint density at radius 1 is 1.04 bits per heavy atom. The number of aromatic nitrogens is 9. The van der Waals surface area contributed by atoms with Gasteiger partial charge in [-0.3, -0.25) is 19.4 Å². The predicted octanol–water partition coefficient (Wildman–Crippen LogP) is 7.00. The molecule has 2 saturated heterocycles. The maximum atomic E-state index is 16.1. The van der Waals surface area contributed by atoms with Crippen molar-refractivity contribution in [2.45, 2.75) is 103 Å². The number of rotatable bonds is 16. The summed E-state index contributed by atoms with van der Waals surface area (Å²) in [7, 11) is 0. The lowest BCUT2D eigenvalue weighted by molar-refractivity contribution is -0.142. The molecule has 21 nitrogen and oxygen atoms in total. The fraction of sp³-hybridized carbons (Fsp3) is 0.390. The maximum absolute atomic E-state index is 16.1. The molecule has 82 heavy (non-hydrogen) atoms. The van der Waals surface area contributed by atoms with Crippen molar-refractivity contribution >= 4 is 51.0 Å².